The first-order valence-electron chi connectivity index (χ1n) is 6.53. The minimum Gasteiger partial charge on any atom is -0.347 e. The molecule has 0 saturated carbocycles. The highest BCUT2D eigenvalue weighted by molar-refractivity contribution is 6.30. The number of nitrogens with one attached hydrogen (secondary N) is 3. The quantitative estimate of drug-likeness (QED) is 0.805. The Balaban J connectivity index is 1.67. The topological polar surface area (TPSA) is 69.8 Å². The largest absolute Gasteiger partial charge is 0.347 e. The van der Waals surface area contributed by atoms with Gasteiger partial charge in [0, 0.05) is 42.3 Å². The molecule has 0 saturated heterocycles. The van der Waals surface area contributed by atoms with Crippen LogP contribution in [0.4, 0.5) is 0 Å². The highest BCUT2D eigenvalue weighted by atomic mass is 35.5. The van der Waals surface area contributed by atoms with Crippen molar-refractivity contribution < 1.29 is 4.79 Å². The maximum absolute atomic E-state index is 12.2. The number of benzene rings is 1. The number of hydrogen-bond donors (Lipinski definition) is 3. The number of nitrogens with zero attached hydrogens (tertiary/aromatic N) is 1. The van der Waals surface area contributed by atoms with Crippen molar-refractivity contribution in [2.75, 3.05) is 6.54 Å². The Morgan fingerprint density at radius 1 is 1.35 bits per heavy atom. The predicted molar refractivity (Wildman–Crippen MR) is 76.6 cm³/mol. The van der Waals surface area contributed by atoms with Gasteiger partial charge in [0.2, 0.25) is 0 Å². The maximum Gasteiger partial charge on any atom is 0.272 e. The lowest BCUT2D eigenvalue weighted by molar-refractivity contribution is 0.0944. The molecule has 3 N–H and O–H groups in total. The van der Waals surface area contributed by atoms with Crippen molar-refractivity contribution in [3.8, 4) is 0 Å². The molecule has 1 aromatic carbocycles. The maximum atomic E-state index is 12.2. The lowest BCUT2D eigenvalue weighted by Gasteiger charge is -2.12. The molecule has 0 atom stereocenters. The van der Waals surface area contributed by atoms with E-state index in [9.17, 15) is 4.79 Å². The minimum atomic E-state index is -0.152. The molecule has 1 aromatic heterocycles. The number of H-pyrrole nitrogens is 1. The van der Waals surface area contributed by atoms with Gasteiger partial charge in [0.1, 0.15) is 0 Å². The third-order valence-corrected chi connectivity index (χ3v) is 3.64. The average Bonchev–Trinajstić information content (AvgIpc) is 2.90. The second kappa shape index (κ2) is 5.64. The smallest absolute Gasteiger partial charge is 0.272 e. The Morgan fingerprint density at radius 2 is 2.15 bits per heavy atom. The van der Waals surface area contributed by atoms with E-state index in [1.807, 2.05) is 24.3 Å². The van der Waals surface area contributed by atoms with Crippen LogP contribution in [0.15, 0.2) is 24.3 Å². The van der Waals surface area contributed by atoms with Gasteiger partial charge in [-0.25, -0.2) is 0 Å². The SMILES string of the molecule is O=C(NCc1ccc(Cl)cc1)c1n[nH]c2c1CNCC2. The van der Waals surface area contributed by atoms with Gasteiger partial charge < -0.3 is 10.6 Å². The molecule has 20 heavy (non-hydrogen) atoms. The van der Waals surface area contributed by atoms with Gasteiger partial charge in [0.05, 0.1) is 0 Å². The van der Waals surface area contributed by atoms with Crippen LogP contribution in [0, 0.1) is 0 Å². The standard InChI is InChI=1S/C14H15ClN4O/c15-10-3-1-9(2-4-10)7-17-14(20)13-11-8-16-6-5-12(11)18-19-13/h1-4,16H,5-8H2,(H,17,20)(H,18,19). The van der Waals surface area contributed by atoms with Crippen LogP contribution in [0.3, 0.4) is 0 Å². The van der Waals surface area contributed by atoms with E-state index in [0.717, 1.165) is 29.8 Å². The number of rotatable bonds is 3. The van der Waals surface area contributed by atoms with Crippen molar-refractivity contribution in [3.63, 3.8) is 0 Å². The van der Waals surface area contributed by atoms with Crippen LogP contribution in [0.1, 0.15) is 27.3 Å². The second-order valence-electron chi connectivity index (χ2n) is 4.77. The zero-order chi connectivity index (χ0) is 13.9. The Bertz CT molecular complexity index is 621. The Labute approximate surface area is 121 Å². The number of halogens is 1. The number of hydrogen-bond acceptors (Lipinski definition) is 3. The van der Waals surface area contributed by atoms with E-state index >= 15 is 0 Å². The lowest BCUT2D eigenvalue weighted by Crippen LogP contribution is -2.28. The molecule has 0 radical (unpaired) electrons. The Kier molecular flexibility index (Phi) is 3.71. The van der Waals surface area contributed by atoms with Crippen molar-refractivity contribution in [1.82, 2.24) is 20.8 Å². The molecule has 1 aliphatic rings. The van der Waals surface area contributed by atoms with Crippen molar-refractivity contribution in [2.45, 2.75) is 19.5 Å². The molecular weight excluding hydrogens is 276 g/mol. The second-order valence-corrected chi connectivity index (χ2v) is 5.20. The fourth-order valence-corrected chi connectivity index (χ4v) is 2.41. The van der Waals surface area contributed by atoms with Crippen LogP contribution in [0.5, 0.6) is 0 Å². The van der Waals surface area contributed by atoms with Gasteiger partial charge >= 0.3 is 0 Å². The van der Waals surface area contributed by atoms with Gasteiger partial charge in [0.15, 0.2) is 5.69 Å². The number of carbonyl (C=O) groups excluding carboxylic acids is 1. The Morgan fingerprint density at radius 3 is 2.95 bits per heavy atom. The lowest BCUT2D eigenvalue weighted by atomic mass is 10.1. The van der Waals surface area contributed by atoms with E-state index in [4.69, 9.17) is 11.6 Å². The van der Waals surface area contributed by atoms with E-state index in [1.54, 1.807) is 0 Å². The van der Waals surface area contributed by atoms with Gasteiger partial charge in [-0.1, -0.05) is 23.7 Å². The summed E-state index contributed by atoms with van der Waals surface area (Å²) >= 11 is 5.83. The molecule has 0 unspecified atom stereocenters. The van der Waals surface area contributed by atoms with E-state index in [-0.39, 0.29) is 5.91 Å². The van der Waals surface area contributed by atoms with Gasteiger partial charge in [-0.05, 0) is 17.7 Å². The molecule has 6 heteroatoms. The number of amides is 1. The molecule has 0 spiro atoms. The number of aromatic nitrogens is 2. The molecule has 1 aliphatic heterocycles. The van der Waals surface area contributed by atoms with E-state index < -0.39 is 0 Å². The summed E-state index contributed by atoms with van der Waals surface area (Å²) in [5.74, 6) is -0.152. The van der Waals surface area contributed by atoms with Gasteiger partial charge in [-0.15, -0.1) is 0 Å². The van der Waals surface area contributed by atoms with E-state index in [0.29, 0.717) is 23.8 Å². The highest BCUT2D eigenvalue weighted by Crippen LogP contribution is 2.15. The van der Waals surface area contributed by atoms with Gasteiger partial charge in [-0.2, -0.15) is 5.10 Å². The minimum absolute atomic E-state index is 0.152. The first-order valence-corrected chi connectivity index (χ1v) is 6.91. The van der Waals surface area contributed by atoms with Crippen LogP contribution < -0.4 is 10.6 Å². The summed E-state index contributed by atoms with van der Waals surface area (Å²) in [6, 6.07) is 7.40. The predicted octanol–water partition coefficient (Wildman–Crippen LogP) is 1.64. The Hall–Kier alpha value is -1.85. The van der Waals surface area contributed by atoms with Crippen LogP contribution >= 0.6 is 11.6 Å². The first kappa shape index (κ1) is 13.1. The normalized spacial score (nSPS) is 13.8. The zero-order valence-corrected chi connectivity index (χ0v) is 11.6. The summed E-state index contributed by atoms with van der Waals surface area (Å²) < 4.78 is 0. The van der Waals surface area contributed by atoms with Crippen molar-refractivity contribution in [1.29, 1.82) is 0 Å². The third-order valence-electron chi connectivity index (χ3n) is 3.39. The van der Waals surface area contributed by atoms with Gasteiger partial charge in [-0.3, -0.25) is 9.89 Å². The van der Waals surface area contributed by atoms with Crippen LogP contribution in [0.2, 0.25) is 5.02 Å². The number of fused-ring (bicyclic) bond motifs is 1. The van der Waals surface area contributed by atoms with Crippen LogP contribution in [-0.4, -0.2) is 22.6 Å². The molecule has 0 bridgehead atoms. The molecule has 2 aromatic rings. The summed E-state index contributed by atoms with van der Waals surface area (Å²) in [7, 11) is 0. The van der Waals surface area contributed by atoms with Crippen LogP contribution in [0.25, 0.3) is 0 Å². The summed E-state index contributed by atoms with van der Waals surface area (Å²) in [5.41, 5.74) is 3.52. The molecule has 3 rings (SSSR count). The van der Waals surface area contributed by atoms with Gasteiger partial charge in [0.25, 0.3) is 5.91 Å². The molecule has 104 valence electrons. The third kappa shape index (κ3) is 2.69. The monoisotopic (exact) mass is 290 g/mol. The van der Waals surface area contributed by atoms with Crippen LogP contribution in [-0.2, 0) is 19.5 Å². The van der Waals surface area contributed by atoms with E-state index in [1.165, 1.54) is 0 Å². The molecular formula is C14H15ClN4O. The number of carbonyl (C=O) groups is 1. The fourth-order valence-electron chi connectivity index (χ4n) is 2.28. The molecule has 5 nitrogen and oxygen atoms in total. The number of aromatic amines is 1. The zero-order valence-electron chi connectivity index (χ0n) is 10.9. The fraction of sp³-hybridized carbons (Fsp3) is 0.286. The van der Waals surface area contributed by atoms with Crippen molar-refractivity contribution >= 4 is 17.5 Å². The van der Waals surface area contributed by atoms with E-state index in [2.05, 4.69) is 20.8 Å². The molecule has 0 aliphatic carbocycles. The van der Waals surface area contributed by atoms with Crippen molar-refractivity contribution in [2.24, 2.45) is 0 Å². The first-order chi connectivity index (χ1) is 9.74. The highest BCUT2D eigenvalue weighted by Gasteiger charge is 2.21. The molecule has 0 fully saturated rings. The summed E-state index contributed by atoms with van der Waals surface area (Å²) in [6.07, 6.45) is 0.882. The average molecular weight is 291 g/mol. The molecule has 1 amide bonds. The summed E-state index contributed by atoms with van der Waals surface area (Å²) in [6.45, 7) is 2.07. The summed E-state index contributed by atoms with van der Waals surface area (Å²) in [4.78, 5) is 12.2. The molecule has 2 heterocycles. The summed E-state index contributed by atoms with van der Waals surface area (Å²) in [5, 5.41) is 13.9. The van der Waals surface area contributed by atoms with Crippen molar-refractivity contribution in [3.05, 3.63) is 51.8 Å².